The SMILES string of the molecule is Nc1cc(=O)[nH]c(=S)n1CC1CC1.O=c1[nH]c(=S)n(CC2CC2)c2nc[nH]c12. The van der Waals surface area contributed by atoms with Gasteiger partial charge in [-0.2, -0.15) is 0 Å². The lowest BCUT2D eigenvalue weighted by atomic mass is 10.4. The molecule has 2 saturated carbocycles. The normalized spacial score (nSPS) is 16.0. The van der Waals surface area contributed by atoms with Crippen LogP contribution in [0.3, 0.4) is 0 Å². The van der Waals surface area contributed by atoms with Crippen LogP contribution in [-0.2, 0) is 13.1 Å². The summed E-state index contributed by atoms with van der Waals surface area (Å²) >= 11 is 10.1. The molecule has 3 aromatic heterocycles. The van der Waals surface area contributed by atoms with E-state index < -0.39 is 0 Å². The smallest absolute Gasteiger partial charge is 0.277 e. The first-order valence-corrected chi connectivity index (χ1v) is 10.00. The monoisotopic (exact) mass is 419 g/mol. The van der Waals surface area contributed by atoms with Crippen LogP contribution in [-0.4, -0.2) is 29.1 Å². The number of aromatic amines is 3. The molecule has 0 unspecified atom stereocenters. The lowest BCUT2D eigenvalue weighted by Gasteiger charge is -2.08. The molecule has 0 aromatic carbocycles. The average Bonchev–Trinajstić information content (AvgIpc) is 3.55. The van der Waals surface area contributed by atoms with E-state index in [-0.39, 0.29) is 11.1 Å². The summed E-state index contributed by atoms with van der Waals surface area (Å²) in [6.45, 7) is 1.69. The van der Waals surface area contributed by atoms with E-state index in [1.807, 2.05) is 4.57 Å². The van der Waals surface area contributed by atoms with Gasteiger partial charge in [0.1, 0.15) is 11.3 Å². The van der Waals surface area contributed by atoms with Gasteiger partial charge < -0.3 is 19.9 Å². The van der Waals surface area contributed by atoms with Crippen molar-refractivity contribution in [1.82, 2.24) is 29.1 Å². The molecule has 5 N–H and O–H groups in total. The van der Waals surface area contributed by atoms with Gasteiger partial charge in [0, 0.05) is 19.2 Å². The number of H-pyrrole nitrogens is 3. The van der Waals surface area contributed by atoms with Crippen LogP contribution in [0.2, 0.25) is 0 Å². The maximum atomic E-state index is 11.5. The van der Waals surface area contributed by atoms with Crippen LogP contribution < -0.4 is 16.9 Å². The number of nitrogens with two attached hydrogens (primary N) is 1. The number of anilines is 1. The van der Waals surface area contributed by atoms with E-state index in [4.69, 9.17) is 30.2 Å². The predicted octanol–water partition coefficient (Wildman–Crippen LogP) is 2.09. The molecule has 2 fully saturated rings. The Morgan fingerprint density at radius 2 is 1.64 bits per heavy atom. The Labute approximate surface area is 169 Å². The van der Waals surface area contributed by atoms with Gasteiger partial charge >= 0.3 is 0 Å². The number of nitrogens with one attached hydrogen (secondary N) is 3. The van der Waals surface area contributed by atoms with Gasteiger partial charge in [-0.1, -0.05) is 0 Å². The van der Waals surface area contributed by atoms with Crippen molar-refractivity contribution in [3.05, 3.63) is 42.6 Å². The minimum atomic E-state index is -0.227. The second-order valence-electron chi connectivity index (χ2n) is 7.33. The first-order chi connectivity index (χ1) is 13.4. The number of aromatic nitrogens is 6. The molecule has 0 saturated heterocycles. The van der Waals surface area contributed by atoms with Crippen molar-refractivity contribution in [2.45, 2.75) is 38.8 Å². The highest BCUT2D eigenvalue weighted by molar-refractivity contribution is 7.71. The van der Waals surface area contributed by atoms with Gasteiger partial charge in [-0.05, 0) is 62.0 Å². The van der Waals surface area contributed by atoms with Crippen LogP contribution in [0.25, 0.3) is 11.2 Å². The molecular formula is C17H21N7O2S2. The van der Waals surface area contributed by atoms with Crippen molar-refractivity contribution >= 4 is 41.4 Å². The molecule has 0 radical (unpaired) electrons. The number of nitrogen functional groups attached to an aromatic ring is 1. The van der Waals surface area contributed by atoms with Gasteiger partial charge in [0.25, 0.3) is 11.1 Å². The van der Waals surface area contributed by atoms with E-state index in [0.717, 1.165) is 13.1 Å². The molecule has 2 aliphatic rings. The Kier molecular flexibility index (Phi) is 5.02. The third-order valence-corrected chi connectivity index (χ3v) is 5.55. The number of rotatable bonds is 4. The number of fused-ring (bicyclic) bond motifs is 1. The maximum absolute atomic E-state index is 11.5. The second kappa shape index (κ2) is 7.47. The Morgan fingerprint density at radius 3 is 2.25 bits per heavy atom. The Morgan fingerprint density at radius 1 is 1.04 bits per heavy atom. The van der Waals surface area contributed by atoms with E-state index in [9.17, 15) is 9.59 Å². The zero-order valence-corrected chi connectivity index (χ0v) is 16.7. The summed E-state index contributed by atoms with van der Waals surface area (Å²) in [5, 5.41) is 0. The third kappa shape index (κ3) is 4.14. The summed E-state index contributed by atoms with van der Waals surface area (Å²) in [4.78, 5) is 34.6. The number of hydrogen-bond acceptors (Lipinski definition) is 6. The molecule has 11 heteroatoms. The van der Waals surface area contributed by atoms with E-state index >= 15 is 0 Å². The van der Waals surface area contributed by atoms with Crippen LogP contribution in [0.5, 0.6) is 0 Å². The summed E-state index contributed by atoms with van der Waals surface area (Å²) in [5.41, 5.74) is 6.42. The molecular weight excluding hydrogens is 398 g/mol. The van der Waals surface area contributed by atoms with Crippen LogP contribution in [0.15, 0.2) is 22.0 Å². The average molecular weight is 420 g/mol. The second-order valence-corrected chi connectivity index (χ2v) is 8.11. The van der Waals surface area contributed by atoms with E-state index in [2.05, 4.69) is 19.9 Å². The largest absolute Gasteiger partial charge is 0.385 e. The Hall–Kier alpha value is -2.53. The lowest BCUT2D eigenvalue weighted by molar-refractivity contribution is 0.611. The van der Waals surface area contributed by atoms with Gasteiger partial charge in [0.05, 0.1) is 6.33 Å². The maximum Gasteiger partial charge on any atom is 0.277 e. The molecule has 28 heavy (non-hydrogen) atoms. The molecule has 5 rings (SSSR count). The van der Waals surface area contributed by atoms with Crippen molar-refractivity contribution in [1.29, 1.82) is 0 Å². The number of hydrogen-bond donors (Lipinski definition) is 4. The van der Waals surface area contributed by atoms with Gasteiger partial charge in [0.15, 0.2) is 15.2 Å². The molecule has 0 aliphatic heterocycles. The van der Waals surface area contributed by atoms with Crippen molar-refractivity contribution in [3.63, 3.8) is 0 Å². The molecule has 3 aromatic rings. The summed E-state index contributed by atoms with van der Waals surface area (Å²) in [5.74, 6) is 1.85. The molecule has 0 spiro atoms. The summed E-state index contributed by atoms with van der Waals surface area (Å²) < 4.78 is 4.58. The van der Waals surface area contributed by atoms with Crippen molar-refractivity contribution < 1.29 is 0 Å². The zero-order valence-electron chi connectivity index (χ0n) is 15.1. The van der Waals surface area contributed by atoms with Crippen molar-refractivity contribution in [2.75, 3.05) is 5.73 Å². The van der Waals surface area contributed by atoms with E-state index in [1.54, 1.807) is 4.57 Å². The highest BCUT2D eigenvalue weighted by Crippen LogP contribution is 2.31. The Bertz CT molecular complexity index is 1240. The first kappa shape index (κ1) is 18.8. The third-order valence-electron chi connectivity index (χ3n) is 4.91. The van der Waals surface area contributed by atoms with Crippen LogP contribution in [0.1, 0.15) is 25.7 Å². The van der Waals surface area contributed by atoms with Crippen LogP contribution >= 0.6 is 24.4 Å². The molecule has 0 bridgehead atoms. The molecule has 3 heterocycles. The van der Waals surface area contributed by atoms with E-state index in [1.165, 1.54) is 38.1 Å². The fourth-order valence-corrected chi connectivity index (χ4v) is 3.53. The van der Waals surface area contributed by atoms with E-state index in [0.29, 0.717) is 38.4 Å². The minimum Gasteiger partial charge on any atom is -0.385 e. The van der Waals surface area contributed by atoms with Gasteiger partial charge in [-0.25, -0.2) is 4.98 Å². The highest BCUT2D eigenvalue weighted by atomic mass is 32.1. The molecule has 0 atom stereocenters. The number of imidazole rings is 1. The number of nitrogens with zero attached hydrogens (tertiary/aromatic N) is 3. The van der Waals surface area contributed by atoms with Crippen LogP contribution in [0.4, 0.5) is 5.82 Å². The minimum absolute atomic E-state index is 0.195. The highest BCUT2D eigenvalue weighted by Gasteiger charge is 2.23. The predicted molar refractivity (Wildman–Crippen MR) is 111 cm³/mol. The fourth-order valence-electron chi connectivity index (χ4n) is 3.00. The van der Waals surface area contributed by atoms with Crippen molar-refractivity contribution in [3.8, 4) is 0 Å². The van der Waals surface area contributed by atoms with Gasteiger partial charge in [0.2, 0.25) is 0 Å². The summed E-state index contributed by atoms with van der Waals surface area (Å²) in [6.07, 6.45) is 6.48. The molecule has 9 nitrogen and oxygen atoms in total. The lowest BCUT2D eigenvalue weighted by Crippen LogP contribution is -2.16. The summed E-state index contributed by atoms with van der Waals surface area (Å²) in [6, 6.07) is 1.37. The van der Waals surface area contributed by atoms with Gasteiger partial charge in [-0.15, -0.1) is 0 Å². The molecule has 148 valence electrons. The molecule has 2 aliphatic carbocycles. The van der Waals surface area contributed by atoms with Crippen molar-refractivity contribution in [2.24, 2.45) is 11.8 Å². The topological polar surface area (TPSA) is 130 Å². The quantitative estimate of drug-likeness (QED) is 0.479. The summed E-state index contributed by atoms with van der Waals surface area (Å²) in [7, 11) is 0. The standard InChI is InChI=1S/C9H10N4OS.C8H11N3OS/c14-8-6-7(11-4-10-6)13(9(15)12-8)3-5-1-2-5;9-6-3-7(12)10-8(13)11(6)4-5-1-2-5/h4-5H,1-3H2,(H,10,11)(H,12,14,15);3,5H,1-2,4,9H2,(H,10,12,13). The fraction of sp³-hybridized carbons (Fsp3) is 0.471. The van der Waals surface area contributed by atoms with Crippen LogP contribution in [0, 0.1) is 21.4 Å². The zero-order chi connectivity index (χ0) is 19.8. The first-order valence-electron chi connectivity index (χ1n) is 9.18. The van der Waals surface area contributed by atoms with Gasteiger partial charge in [-0.3, -0.25) is 19.6 Å². The Balaban J connectivity index is 0.000000139. The molecule has 0 amide bonds.